The van der Waals surface area contributed by atoms with E-state index in [2.05, 4.69) is 16.0 Å². The summed E-state index contributed by atoms with van der Waals surface area (Å²) in [5.74, 6) is -2.34. The predicted molar refractivity (Wildman–Crippen MR) is 184 cm³/mol. The van der Waals surface area contributed by atoms with E-state index in [0.717, 1.165) is 42.5 Å². The Morgan fingerprint density at radius 2 is 1.68 bits per heavy atom. The van der Waals surface area contributed by atoms with E-state index in [-0.39, 0.29) is 29.5 Å². The Labute approximate surface area is 280 Å². The molecule has 1 heterocycles. The van der Waals surface area contributed by atoms with E-state index in [1.54, 1.807) is 67.6 Å². The van der Waals surface area contributed by atoms with E-state index >= 15 is 0 Å². The molecule has 1 aliphatic carbocycles. The molecule has 0 saturated carbocycles. The molecule has 1 aromatic heterocycles. The molecule has 0 radical (unpaired) electrons. The lowest BCUT2D eigenvalue weighted by Crippen LogP contribution is -2.30. The minimum atomic E-state index is -0.651. The van der Waals surface area contributed by atoms with E-state index in [1.165, 1.54) is 47.4 Å². The Bertz CT molecular complexity index is 1810. The van der Waals surface area contributed by atoms with Crippen LogP contribution in [0, 0.1) is 5.82 Å². The highest BCUT2D eigenvalue weighted by Crippen LogP contribution is 2.38. The molecule has 0 unspecified atom stereocenters. The van der Waals surface area contributed by atoms with Crippen molar-refractivity contribution in [2.24, 2.45) is 0 Å². The van der Waals surface area contributed by atoms with Gasteiger partial charge in [-0.05, 0) is 80.6 Å². The van der Waals surface area contributed by atoms with Crippen LogP contribution in [0.2, 0.25) is 0 Å². The van der Waals surface area contributed by atoms with Gasteiger partial charge in [0, 0.05) is 26.6 Å². The molecule has 3 aromatic carbocycles. The number of amides is 3. The van der Waals surface area contributed by atoms with Crippen LogP contribution < -0.4 is 16.0 Å². The molecule has 3 N–H and O–H groups in total. The summed E-state index contributed by atoms with van der Waals surface area (Å²) in [4.78, 5) is 54.0. The number of fused-ring (bicyclic) bond motifs is 1. The van der Waals surface area contributed by atoms with E-state index < -0.39 is 23.6 Å². The van der Waals surface area contributed by atoms with Crippen LogP contribution in [-0.4, -0.2) is 36.1 Å². The van der Waals surface area contributed by atoms with Crippen molar-refractivity contribution in [1.29, 1.82) is 0 Å². The van der Waals surface area contributed by atoms with Gasteiger partial charge in [0.25, 0.3) is 11.8 Å². The summed E-state index contributed by atoms with van der Waals surface area (Å²) in [6.07, 6.45) is 6.09. The first-order valence-corrected chi connectivity index (χ1v) is 17.1. The first-order valence-electron chi connectivity index (χ1n) is 15.3. The van der Waals surface area contributed by atoms with Gasteiger partial charge in [-0.3, -0.25) is 14.4 Å². The molecular weight excluding hydrogens is 638 g/mol. The van der Waals surface area contributed by atoms with Crippen LogP contribution in [0.15, 0.2) is 89.5 Å². The van der Waals surface area contributed by atoms with Gasteiger partial charge in [-0.15, -0.1) is 23.1 Å². The lowest BCUT2D eigenvalue weighted by atomic mass is 10.1. The number of benzene rings is 3. The monoisotopic (exact) mass is 671 g/mol. The maximum absolute atomic E-state index is 14.5. The lowest BCUT2D eigenvalue weighted by Gasteiger charge is -2.12. The molecule has 3 amide bonds. The second kappa shape index (κ2) is 16.2. The number of halogens is 1. The number of hydrogen-bond acceptors (Lipinski definition) is 7. The number of esters is 1. The molecule has 0 atom stereocenters. The topological polar surface area (TPSA) is 114 Å². The average molecular weight is 672 g/mol. The molecular formula is C36H34FN3O5S2. The van der Waals surface area contributed by atoms with Gasteiger partial charge in [0.2, 0.25) is 5.91 Å². The molecule has 0 fully saturated rings. The van der Waals surface area contributed by atoms with Crippen LogP contribution in [0.3, 0.4) is 0 Å². The minimum Gasteiger partial charge on any atom is -0.462 e. The number of aryl methyl sites for hydroxylation is 1. The molecule has 0 spiro atoms. The summed E-state index contributed by atoms with van der Waals surface area (Å²) in [6, 6.07) is 21.2. The molecule has 242 valence electrons. The number of hydrogen-bond donors (Lipinski definition) is 3. The summed E-state index contributed by atoms with van der Waals surface area (Å²) in [6.45, 7) is 2.01. The average Bonchev–Trinajstić information content (AvgIpc) is 3.24. The fourth-order valence-corrected chi connectivity index (χ4v) is 7.16. The molecule has 8 nitrogen and oxygen atoms in total. The minimum absolute atomic E-state index is 0.0633. The molecule has 4 aromatic rings. The van der Waals surface area contributed by atoms with Gasteiger partial charge in [0.05, 0.1) is 17.9 Å². The van der Waals surface area contributed by atoms with Crippen molar-refractivity contribution in [1.82, 2.24) is 5.32 Å². The Kier molecular flexibility index (Phi) is 11.6. The lowest BCUT2D eigenvalue weighted by molar-refractivity contribution is -0.114. The number of ether oxygens (including phenoxy) is 1. The van der Waals surface area contributed by atoms with Crippen LogP contribution in [0.5, 0.6) is 0 Å². The smallest absolute Gasteiger partial charge is 0.341 e. The van der Waals surface area contributed by atoms with Crippen LogP contribution in [0.1, 0.15) is 62.9 Å². The summed E-state index contributed by atoms with van der Waals surface area (Å²) in [5.41, 5.74) is 2.20. The van der Waals surface area contributed by atoms with Crippen molar-refractivity contribution < 1.29 is 28.3 Å². The third kappa shape index (κ3) is 8.96. The van der Waals surface area contributed by atoms with E-state index in [4.69, 9.17) is 4.74 Å². The Morgan fingerprint density at radius 1 is 0.915 bits per heavy atom. The normalized spacial score (nSPS) is 12.8. The number of thioether (sulfide) groups is 1. The zero-order valence-electron chi connectivity index (χ0n) is 25.8. The predicted octanol–water partition coefficient (Wildman–Crippen LogP) is 7.47. The molecule has 5 rings (SSSR count). The number of nitrogens with one attached hydrogen (secondary N) is 3. The van der Waals surface area contributed by atoms with Crippen molar-refractivity contribution in [2.45, 2.75) is 43.9 Å². The molecule has 47 heavy (non-hydrogen) atoms. The van der Waals surface area contributed by atoms with Crippen LogP contribution >= 0.6 is 23.1 Å². The summed E-state index contributed by atoms with van der Waals surface area (Å²) >= 11 is 2.71. The highest BCUT2D eigenvalue weighted by molar-refractivity contribution is 8.00. The van der Waals surface area contributed by atoms with Crippen molar-refractivity contribution in [3.05, 3.63) is 118 Å². The summed E-state index contributed by atoms with van der Waals surface area (Å²) < 4.78 is 19.8. The largest absolute Gasteiger partial charge is 0.462 e. The van der Waals surface area contributed by atoms with Crippen molar-refractivity contribution in [2.75, 3.05) is 23.0 Å². The van der Waals surface area contributed by atoms with Gasteiger partial charge < -0.3 is 20.7 Å². The van der Waals surface area contributed by atoms with E-state index in [1.807, 2.05) is 0 Å². The fourth-order valence-electron chi connectivity index (χ4n) is 5.11. The van der Waals surface area contributed by atoms with Gasteiger partial charge in [-0.25, -0.2) is 9.18 Å². The maximum Gasteiger partial charge on any atom is 0.341 e. The molecule has 0 aliphatic heterocycles. The number of carbonyl (C=O) groups excluding carboxylic acids is 4. The summed E-state index contributed by atoms with van der Waals surface area (Å²) in [5, 5.41) is 8.82. The summed E-state index contributed by atoms with van der Waals surface area (Å²) in [7, 11) is 0. The van der Waals surface area contributed by atoms with Gasteiger partial charge in [0.1, 0.15) is 16.5 Å². The SMILES string of the molecule is CCOC(=O)c1c(NC(=O)CSc2cccc(NC(=O)/C(=C/c3ccccc3F)NC(=O)c3ccccc3)c2)sc2c1CCCCC2. The van der Waals surface area contributed by atoms with Crippen LogP contribution in [0.25, 0.3) is 6.08 Å². The number of rotatable bonds is 11. The fraction of sp³-hybridized carbons (Fsp3) is 0.222. The number of anilines is 2. The Morgan fingerprint density at radius 3 is 2.47 bits per heavy atom. The zero-order valence-corrected chi connectivity index (χ0v) is 27.4. The Balaban J connectivity index is 1.27. The third-order valence-corrected chi connectivity index (χ3v) is 9.55. The van der Waals surface area contributed by atoms with Crippen LogP contribution in [0.4, 0.5) is 15.1 Å². The molecule has 0 saturated heterocycles. The highest BCUT2D eigenvalue weighted by atomic mass is 32.2. The first-order chi connectivity index (χ1) is 22.8. The highest BCUT2D eigenvalue weighted by Gasteiger charge is 2.26. The second-order valence-electron chi connectivity index (χ2n) is 10.7. The van der Waals surface area contributed by atoms with Gasteiger partial charge >= 0.3 is 5.97 Å². The third-order valence-electron chi connectivity index (χ3n) is 7.35. The second-order valence-corrected chi connectivity index (χ2v) is 12.9. The van der Waals surface area contributed by atoms with Gasteiger partial charge in [0.15, 0.2) is 0 Å². The van der Waals surface area contributed by atoms with Gasteiger partial charge in [-0.1, -0.05) is 48.9 Å². The zero-order chi connectivity index (χ0) is 33.2. The van der Waals surface area contributed by atoms with Crippen molar-refractivity contribution in [3.8, 4) is 0 Å². The molecule has 1 aliphatic rings. The van der Waals surface area contributed by atoms with E-state index in [0.29, 0.717) is 26.7 Å². The van der Waals surface area contributed by atoms with Crippen LogP contribution in [-0.2, 0) is 27.2 Å². The Hall–Kier alpha value is -4.74. The van der Waals surface area contributed by atoms with Crippen molar-refractivity contribution in [3.63, 3.8) is 0 Å². The number of thiophene rings is 1. The number of carbonyl (C=O) groups is 4. The standard InChI is InChI=1S/C36H34FN3O5S2/c1-2-45-36(44)32-27-17-7-4-8-19-30(27)47-35(32)40-31(41)22-46-26-16-11-15-25(21-26)38-34(43)29(20-24-14-9-10-18-28(24)37)39-33(42)23-12-5-3-6-13-23/h3,5-6,9-16,18,20-21H,2,4,7-8,17,19,22H2,1H3,(H,38,43)(H,39,42)(H,40,41)/b29-20-. The quantitative estimate of drug-likeness (QED) is 0.0660. The van der Waals surface area contributed by atoms with Crippen molar-refractivity contribution >= 4 is 63.6 Å². The molecule has 0 bridgehead atoms. The first kappa shape index (κ1) is 33.6. The molecule has 11 heteroatoms. The van der Waals surface area contributed by atoms with E-state index in [9.17, 15) is 23.6 Å². The maximum atomic E-state index is 14.5. The van der Waals surface area contributed by atoms with Gasteiger partial charge in [-0.2, -0.15) is 0 Å².